The van der Waals surface area contributed by atoms with Crippen LogP contribution in [0.1, 0.15) is 5.56 Å². The summed E-state index contributed by atoms with van der Waals surface area (Å²) in [5, 5.41) is 9.15. The molecule has 2 aromatic carbocycles. The van der Waals surface area contributed by atoms with Crippen LogP contribution in [0.4, 0.5) is 0 Å². The molecule has 1 nitrogen and oxygen atoms in total. The fourth-order valence-corrected chi connectivity index (χ4v) is 3.05. The zero-order valence-electron chi connectivity index (χ0n) is 9.21. The second-order valence-electron chi connectivity index (χ2n) is 3.45. The summed E-state index contributed by atoms with van der Waals surface area (Å²) < 4.78 is 2.07. The van der Waals surface area contributed by atoms with Gasteiger partial charge in [0.15, 0.2) is 0 Å². The van der Waals surface area contributed by atoms with Crippen LogP contribution in [0.25, 0.3) is 6.08 Å². The van der Waals surface area contributed by atoms with Gasteiger partial charge in [-0.25, -0.2) is 0 Å². The summed E-state index contributed by atoms with van der Waals surface area (Å²) in [6, 6.07) is 22.4. The fourth-order valence-electron chi connectivity index (χ4n) is 1.40. The summed E-state index contributed by atoms with van der Waals surface area (Å²) in [5.41, 5.74) is 1.09. The zero-order valence-corrected chi connectivity index (χ0v) is 10.9. The van der Waals surface area contributed by atoms with Crippen molar-refractivity contribution >= 4 is 25.5 Å². The average molecular weight is 284 g/mol. The molecule has 0 N–H and O–H groups in total. The van der Waals surface area contributed by atoms with Crippen LogP contribution in [0.5, 0.6) is 0 Å². The van der Waals surface area contributed by atoms with E-state index < -0.39 is 0 Å². The standard InChI is InChI=1S/C15H11NSe/c16-12-15(11-13-7-3-1-4-8-13)17-14-9-5-2-6-10-14/h1-11H/b15-11+. The summed E-state index contributed by atoms with van der Waals surface area (Å²) in [5.74, 6) is 0. The quantitative estimate of drug-likeness (QED) is 0.628. The van der Waals surface area contributed by atoms with Crippen molar-refractivity contribution in [3.05, 3.63) is 70.7 Å². The number of allylic oxidation sites excluding steroid dienone is 1. The number of nitrogens with zero attached hydrogens (tertiary/aromatic N) is 1. The van der Waals surface area contributed by atoms with E-state index in [0.717, 1.165) is 10.0 Å². The third-order valence-corrected chi connectivity index (χ3v) is 4.14. The Morgan fingerprint density at radius 3 is 2.12 bits per heavy atom. The van der Waals surface area contributed by atoms with E-state index in [2.05, 4.69) is 18.2 Å². The van der Waals surface area contributed by atoms with Crippen LogP contribution in [0.2, 0.25) is 0 Å². The Hall–Kier alpha value is -1.81. The summed E-state index contributed by atoms with van der Waals surface area (Å²) in [6.45, 7) is 0. The molecule has 2 rings (SSSR count). The van der Waals surface area contributed by atoms with Gasteiger partial charge in [0.05, 0.1) is 0 Å². The Morgan fingerprint density at radius 1 is 0.941 bits per heavy atom. The van der Waals surface area contributed by atoms with Crippen molar-refractivity contribution in [2.45, 2.75) is 0 Å². The van der Waals surface area contributed by atoms with Crippen molar-refractivity contribution in [1.82, 2.24) is 0 Å². The molecule has 0 saturated carbocycles. The molecule has 0 fully saturated rings. The van der Waals surface area contributed by atoms with E-state index in [1.54, 1.807) is 0 Å². The van der Waals surface area contributed by atoms with Crippen molar-refractivity contribution < 1.29 is 0 Å². The average Bonchev–Trinajstić information content (AvgIpc) is 2.40. The molecule has 0 bridgehead atoms. The second-order valence-corrected chi connectivity index (χ2v) is 5.79. The van der Waals surface area contributed by atoms with E-state index in [1.807, 2.05) is 54.6 Å². The van der Waals surface area contributed by atoms with Gasteiger partial charge in [0.25, 0.3) is 0 Å². The number of nitriles is 1. The molecule has 0 heterocycles. The van der Waals surface area contributed by atoms with Crippen LogP contribution < -0.4 is 4.46 Å². The molecule has 2 aromatic rings. The Balaban J connectivity index is 2.19. The maximum absolute atomic E-state index is 9.15. The van der Waals surface area contributed by atoms with Gasteiger partial charge in [-0.2, -0.15) is 0 Å². The molecular formula is C15H11NSe. The first-order valence-electron chi connectivity index (χ1n) is 5.28. The molecule has 0 amide bonds. The third kappa shape index (κ3) is 3.60. The molecule has 82 valence electrons. The van der Waals surface area contributed by atoms with Gasteiger partial charge < -0.3 is 0 Å². The van der Waals surface area contributed by atoms with Crippen LogP contribution in [0.3, 0.4) is 0 Å². The number of rotatable bonds is 3. The van der Waals surface area contributed by atoms with Crippen molar-refractivity contribution in [2.24, 2.45) is 0 Å². The molecule has 0 aliphatic heterocycles. The fraction of sp³-hybridized carbons (Fsp3) is 0. The second kappa shape index (κ2) is 6.06. The predicted octanol–water partition coefficient (Wildman–Crippen LogP) is 2.58. The van der Waals surface area contributed by atoms with E-state index in [0.29, 0.717) is 0 Å². The van der Waals surface area contributed by atoms with Gasteiger partial charge in [-0.3, -0.25) is 0 Å². The molecule has 0 atom stereocenters. The summed E-state index contributed by atoms with van der Waals surface area (Å²) >= 11 is 0.0891. The molecule has 0 aliphatic carbocycles. The molecule has 0 saturated heterocycles. The minimum absolute atomic E-state index is 0.0891. The van der Waals surface area contributed by atoms with Crippen molar-refractivity contribution in [1.29, 1.82) is 5.26 Å². The SMILES string of the molecule is N#C/C(=C\c1ccccc1)[Se]c1ccccc1. The van der Waals surface area contributed by atoms with E-state index in [4.69, 9.17) is 5.26 Å². The molecule has 0 aromatic heterocycles. The molecule has 0 spiro atoms. The van der Waals surface area contributed by atoms with Crippen LogP contribution in [-0.4, -0.2) is 15.0 Å². The van der Waals surface area contributed by atoms with Gasteiger partial charge in [-0.1, -0.05) is 0 Å². The summed E-state index contributed by atoms with van der Waals surface area (Å²) in [6.07, 6.45) is 1.97. The van der Waals surface area contributed by atoms with Crippen LogP contribution in [0.15, 0.2) is 65.1 Å². The van der Waals surface area contributed by atoms with Gasteiger partial charge in [0.2, 0.25) is 0 Å². The normalized spacial score (nSPS) is 10.9. The van der Waals surface area contributed by atoms with Crippen molar-refractivity contribution in [2.75, 3.05) is 0 Å². The van der Waals surface area contributed by atoms with E-state index in [-0.39, 0.29) is 15.0 Å². The van der Waals surface area contributed by atoms with Crippen molar-refractivity contribution in [3.63, 3.8) is 0 Å². The maximum atomic E-state index is 9.15. The van der Waals surface area contributed by atoms with Crippen molar-refractivity contribution in [3.8, 4) is 6.07 Å². The van der Waals surface area contributed by atoms with Crippen LogP contribution >= 0.6 is 0 Å². The Kier molecular flexibility index (Phi) is 4.16. The van der Waals surface area contributed by atoms with Gasteiger partial charge in [-0.15, -0.1) is 0 Å². The minimum atomic E-state index is 0.0891. The summed E-state index contributed by atoms with van der Waals surface area (Å²) in [4.78, 5) is 0. The molecule has 0 radical (unpaired) electrons. The first kappa shape index (κ1) is 11.7. The monoisotopic (exact) mass is 285 g/mol. The Bertz CT molecular complexity index is 538. The van der Waals surface area contributed by atoms with Gasteiger partial charge >= 0.3 is 108 Å². The molecular weight excluding hydrogens is 273 g/mol. The first-order chi connectivity index (χ1) is 8.38. The third-order valence-electron chi connectivity index (χ3n) is 2.18. The Labute approximate surface area is 108 Å². The number of hydrogen-bond donors (Lipinski definition) is 0. The van der Waals surface area contributed by atoms with E-state index in [9.17, 15) is 0 Å². The topological polar surface area (TPSA) is 23.8 Å². The number of hydrogen-bond acceptors (Lipinski definition) is 1. The summed E-state index contributed by atoms with van der Waals surface area (Å²) in [7, 11) is 0. The van der Waals surface area contributed by atoms with Gasteiger partial charge in [0, 0.05) is 0 Å². The number of benzene rings is 2. The van der Waals surface area contributed by atoms with Gasteiger partial charge in [-0.05, 0) is 0 Å². The predicted molar refractivity (Wildman–Crippen MR) is 71.9 cm³/mol. The van der Waals surface area contributed by atoms with E-state index in [1.165, 1.54) is 4.46 Å². The van der Waals surface area contributed by atoms with Gasteiger partial charge in [0.1, 0.15) is 0 Å². The van der Waals surface area contributed by atoms with E-state index >= 15 is 0 Å². The van der Waals surface area contributed by atoms with Crippen LogP contribution in [0, 0.1) is 11.3 Å². The molecule has 0 unspecified atom stereocenters. The first-order valence-corrected chi connectivity index (χ1v) is 6.99. The molecule has 17 heavy (non-hydrogen) atoms. The van der Waals surface area contributed by atoms with Crippen LogP contribution in [-0.2, 0) is 0 Å². The Morgan fingerprint density at radius 2 is 1.53 bits per heavy atom. The molecule has 0 aliphatic rings. The zero-order chi connectivity index (χ0) is 11.9. The molecule has 2 heteroatoms.